The second kappa shape index (κ2) is 6.52. The molecule has 0 saturated carbocycles. The van der Waals surface area contributed by atoms with E-state index >= 15 is 0 Å². The van der Waals surface area contributed by atoms with Gasteiger partial charge in [0.15, 0.2) is 11.5 Å². The minimum Gasteiger partial charge on any atom is -0.306 e. The smallest absolute Gasteiger partial charge is 0.306 e. The van der Waals surface area contributed by atoms with Gasteiger partial charge in [0.05, 0.1) is 16.8 Å². The third kappa shape index (κ3) is 3.61. The van der Waals surface area contributed by atoms with Gasteiger partial charge >= 0.3 is 6.18 Å². The van der Waals surface area contributed by atoms with Crippen LogP contribution in [0.5, 0.6) is 0 Å². The largest absolute Gasteiger partial charge is 0.434 e. The summed E-state index contributed by atoms with van der Waals surface area (Å²) < 4.78 is 41.0. The number of pyridine rings is 2. The van der Waals surface area contributed by atoms with Gasteiger partial charge in [0, 0.05) is 12.4 Å². The van der Waals surface area contributed by atoms with Crippen molar-refractivity contribution < 1.29 is 18.0 Å². The summed E-state index contributed by atoms with van der Waals surface area (Å²) in [5, 5.41) is 6.27. The lowest BCUT2D eigenvalue weighted by Gasteiger charge is -2.12. The Morgan fingerprint density at radius 1 is 1.12 bits per heavy atom. The highest BCUT2D eigenvalue weighted by Gasteiger charge is 2.40. The van der Waals surface area contributed by atoms with Gasteiger partial charge in [-0.3, -0.25) is 4.79 Å². The number of carbonyl (C=O) groups excluding carboxylic acids is 1. The van der Waals surface area contributed by atoms with Crippen molar-refractivity contribution in [1.29, 1.82) is 0 Å². The van der Waals surface area contributed by atoms with Gasteiger partial charge < -0.3 is 5.32 Å². The highest BCUT2D eigenvalue weighted by Crippen LogP contribution is 2.33. The van der Waals surface area contributed by atoms with Crippen LogP contribution in [0.2, 0.25) is 5.02 Å². The Kier molecular flexibility index (Phi) is 4.41. The first-order chi connectivity index (χ1) is 11.9. The van der Waals surface area contributed by atoms with Crippen LogP contribution in [0, 0.1) is 0 Å². The molecule has 3 aromatic rings. The van der Waals surface area contributed by atoms with E-state index in [-0.39, 0.29) is 11.6 Å². The normalized spacial score (nSPS) is 11.4. The van der Waals surface area contributed by atoms with Crippen LogP contribution in [0.4, 0.5) is 19.0 Å². The minimum absolute atomic E-state index is 0.0570. The van der Waals surface area contributed by atoms with Gasteiger partial charge in [0.1, 0.15) is 5.82 Å². The van der Waals surface area contributed by atoms with Gasteiger partial charge in [-0.2, -0.15) is 18.3 Å². The molecule has 0 bridgehead atoms. The highest BCUT2D eigenvalue weighted by molar-refractivity contribution is 6.30. The molecule has 0 spiro atoms. The van der Waals surface area contributed by atoms with Crippen LogP contribution in [-0.2, 0) is 6.18 Å². The van der Waals surface area contributed by atoms with E-state index in [1.54, 1.807) is 6.07 Å². The maximum absolute atomic E-state index is 13.5. The summed E-state index contributed by atoms with van der Waals surface area (Å²) in [5.41, 5.74) is -1.87. The number of hydrogen-bond acceptors (Lipinski definition) is 4. The topological polar surface area (TPSA) is 72.7 Å². The van der Waals surface area contributed by atoms with Crippen molar-refractivity contribution in [2.45, 2.75) is 6.18 Å². The lowest BCUT2D eigenvalue weighted by atomic mass is 10.2. The summed E-state index contributed by atoms with van der Waals surface area (Å²) in [7, 11) is 0. The Bertz CT molecular complexity index is 894. The van der Waals surface area contributed by atoms with Gasteiger partial charge in [-0.1, -0.05) is 17.7 Å². The third-order valence-electron chi connectivity index (χ3n) is 3.12. The molecule has 1 N–H and O–H groups in total. The van der Waals surface area contributed by atoms with Crippen molar-refractivity contribution >= 4 is 23.3 Å². The number of anilines is 1. The number of halogens is 4. The van der Waals surface area contributed by atoms with Crippen molar-refractivity contribution in [3.05, 3.63) is 65.2 Å². The summed E-state index contributed by atoms with van der Waals surface area (Å²) in [6.07, 6.45) is -1.38. The molecule has 0 aromatic carbocycles. The average Bonchev–Trinajstić information content (AvgIpc) is 3.03. The van der Waals surface area contributed by atoms with Gasteiger partial charge in [-0.15, -0.1) is 0 Å². The maximum Gasteiger partial charge on any atom is 0.434 e. The van der Waals surface area contributed by atoms with Gasteiger partial charge in [0.2, 0.25) is 0 Å². The van der Waals surface area contributed by atoms with E-state index in [1.165, 1.54) is 36.7 Å². The van der Waals surface area contributed by atoms with Crippen LogP contribution < -0.4 is 5.32 Å². The van der Waals surface area contributed by atoms with E-state index in [2.05, 4.69) is 20.4 Å². The predicted molar refractivity (Wildman–Crippen MR) is 83.6 cm³/mol. The molecule has 0 fully saturated rings. The van der Waals surface area contributed by atoms with Crippen LogP contribution >= 0.6 is 11.6 Å². The van der Waals surface area contributed by atoms with Crippen molar-refractivity contribution in [2.24, 2.45) is 0 Å². The number of carbonyl (C=O) groups is 1. The number of hydrogen-bond donors (Lipinski definition) is 1. The molecule has 128 valence electrons. The van der Waals surface area contributed by atoms with E-state index in [0.29, 0.717) is 9.70 Å². The molecule has 6 nitrogen and oxygen atoms in total. The summed E-state index contributed by atoms with van der Waals surface area (Å²) in [6.45, 7) is 0. The zero-order chi connectivity index (χ0) is 18.0. The summed E-state index contributed by atoms with van der Waals surface area (Å²) in [6, 6.07) is 7.25. The SMILES string of the molecule is O=C(Nc1ccc(Cl)cn1)c1cnn(-c2ccccn2)c1C(F)(F)F. The maximum atomic E-state index is 13.5. The van der Waals surface area contributed by atoms with E-state index < -0.39 is 23.3 Å². The molecule has 0 radical (unpaired) electrons. The lowest BCUT2D eigenvalue weighted by molar-refractivity contribution is -0.143. The van der Waals surface area contributed by atoms with Crippen LogP contribution in [0.25, 0.3) is 5.82 Å². The van der Waals surface area contributed by atoms with Crippen LogP contribution in [0.15, 0.2) is 48.9 Å². The number of alkyl halides is 3. The third-order valence-corrected chi connectivity index (χ3v) is 3.34. The number of amides is 1. The summed E-state index contributed by atoms with van der Waals surface area (Å²) >= 11 is 5.68. The highest BCUT2D eigenvalue weighted by atomic mass is 35.5. The Morgan fingerprint density at radius 3 is 2.52 bits per heavy atom. The Hall–Kier alpha value is -2.94. The summed E-state index contributed by atoms with van der Waals surface area (Å²) in [4.78, 5) is 19.9. The first-order valence-electron chi connectivity index (χ1n) is 6.86. The molecule has 25 heavy (non-hydrogen) atoms. The molecular formula is C15H9ClF3N5O. The number of rotatable bonds is 3. The zero-order valence-electron chi connectivity index (χ0n) is 12.3. The van der Waals surface area contributed by atoms with Crippen LogP contribution in [0.1, 0.15) is 16.1 Å². The Balaban J connectivity index is 2.00. The number of nitrogens with one attached hydrogen (secondary N) is 1. The molecule has 0 unspecified atom stereocenters. The molecule has 3 rings (SSSR count). The Morgan fingerprint density at radius 2 is 1.92 bits per heavy atom. The van der Waals surface area contributed by atoms with Crippen molar-refractivity contribution in [1.82, 2.24) is 19.7 Å². The fourth-order valence-corrected chi connectivity index (χ4v) is 2.19. The lowest BCUT2D eigenvalue weighted by Crippen LogP contribution is -2.21. The van der Waals surface area contributed by atoms with Gasteiger partial charge in [-0.25, -0.2) is 14.6 Å². The first kappa shape index (κ1) is 16.9. The molecule has 10 heteroatoms. The standard InChI is InChI=1S/C15H9ClF3N5O/c16-9-4-5-11(21-7-9)23-14(25)10-8-22-24(13(10)15(17,18)19)12-3-1-2-6-20-12/h1-8H,(H,21,23,25). The van der Waals surface area contributed by atoms with Gasteiger partial charge in [0.25, 0.3) is 5.91 Å². The first-order valence-corrected chi connectivity index (χ1v) is 7.23. The van der Waals surface area contributed by atoms with Crippen molar-refractivity contribution in [3.63, 3.8) is 0 Å². The number of aromatic nitrogens is 4. The second-order valence-electron chi connectivity index (χ2n) is 4.82. The quantitative estimate of drug-likeness (QED) is 0.768. The molecular weight excluding hydrogens is 359 g/mol. The fourth-order valence-electron chi connectivity index (χ4n) is 2.07. The van der Waals surface area contributed by atoms with Crippen LogP contribution in [0.3, 0.4) is 0 Å². The van der Waals surface area contributed by atoms with Crippen molar-refractivity contribution in [3.8, 4) is 5.82 Å². The zero-order valence-corrected chi connectivity index (χ0v) is 13.1. The second-order valence-corrected chi connectivity index (χ2v) is 5.26. The van der Waals surface area contributed by atoms with E-state index in [0.717, 1.165) is 6.20 Å². The van der Waals surface area contributed by atoms with E-state index in [1.807, 2.05) is 0 Å². The van der Waals surface area contributed by atoms with E-state index in [4.69, 9.17) is 11.6 Å². The number of nitrogens with zero attached hydrogens (tertiary/aromatic N) is 4. The molecule has 0 aliphatic carbocycles. The molecule has 0 aliphatic heterocycles. The molecule has 0 aliphatic rings. The fraction of sp³-hybridized carbons (Fsp3) is 0.0667. The average molecular weight is 368 g/mol. The van der Waals surface area contributed by atoms with Crippen LogP contribution in [-0.4, -0.2) is 25.7 Å². The summed E-state index contributed by atoms with van der Waals surface area (Å²) in [5.74, 6) is -0.990. The predicted octanol–water partition coefficient (Wildman–Crippen LogP) is 3.59. The molecule has 0 atom stereocenters. The van der Waals surface area contributed by atoms with Gasteiger partial charge in [-0.05, 0) is 24.3 Å². The van der Waals surface area contributed by atoms with Crippen molar-refractivity contribution in [2.75, 3.05) is 5.32 Å². The molecule has 3 heterocycles. The molecule has 3 aromatic heterocycles. The molecule has 0 saturated heterocycles. The minimum atomic E-state index is -4.81. The molecule has 1 amide bonds. The monoisotopic (exact) mass is 367 g/mol. The Labute approximate surface area is 144 Å². The van der Waals surface area contributed by atoms with E-state index in [9.17, 15) is 18.0 Å².